The van der Waals surface area contributed by atoms with Gasteiger partial charge in [0.25, 0.3) is 0 Å². The third-order valence-corrected chi connectivity index (χ3v) is 13.5. The quantitative estimate of drug-likeness (QED) is 0.123. The molecule has 1 aliphatic rings. The summed E-state index contributed by atoms with van der Waals surface area (Å²) in [4.78, 5) is 9.04. The molecule has 3 aromatic heterocycles. The minimum absolute atomic E-state index is 0. The monoisotopic (exact) mass is 885 g/mol. The number of para-hydroxylation sites is 1. The number of rotatable bonds is 6. The van der Waals surface area contributed by atoms with Crippen LogP contribution in [0.5, 0.6) is 0 Å². The van der Waals surface area contributed by atoms with Crippen LogP contribution in [0.25, 0.3) is 55.6 Å². The summed E-state index contributed by atoms with van der Waals surface area (Å²) in [5.41, 5.74) is 8.73. The predicted molar refractivity (Wildman–Crippen MR) is 198 cm³/mol. The summed E-state index contributed by atoms with van der Waals surface area (Å²) in [7, 11) is 0. The molecule has 4 aromatic carbocycles. The minimum atomic E-state index is -1.99. The van der Waals surface area contributed by atoms with Gasteiger partial charge >= 0.3 is 135 Å². The van der Waals surface area contributed by atoms with E-state index in [0.717, 1.165) is 56.4 Å². The molecule has 1 radical (unpaired) electrons. The van der Waals surface area contributed by atoms with Crippen LogP contribution in [0.1, 0.15) is 31.2 Å². The largest absolute Gasteiger partial charge is 0 e. The number of fused-ring (bicyclic) bond motifs is 3. The molecule has 3 nitrogen and oxygen atoms in total. The van der Waals surface area contributed by atoms with Gasteiger partial charge in [0.1, 0.15) is 11.4 Å². The van der Waals surface area contributed by atoms with Crippen molar-refractivity contribution in [2.75, 3.05) is 0 Å². The minimum Gasteiger partial charge on any atom is 0 e. The van der Waals surface area contributed by atoms with Gasteiger partial charge in [0.2, 0.25) is 0 Å². The Labute approximate surface area is 304 Å². The molecule has 6 heteroatoms. The fourth-order valence-electron chi connectivity index (χ4n) is 6.74. The summed E-state index contributed by atoms with van der Waals surface area (Å²) >= 11 is -1.99. The summed E-state index contributed by atoms with van der Waals surface area (Å²) in [6.45, 7) is 0. The van der Waals surface area contributed by atoms with Crippen molar-refractivity contribution in [2.24, 2.45) is 5.92 Å². The van der Waals surface area contributed by atoms with Crippen molar-refractivity contribution >= 4 is 39.6 Å². The zero-order valence-corrected chi connectivity index (χ0v) is 32.6. The second-order valence-corrected chi connectivity index (χ2v) is 24.3. The molecule has 0 atom stereocenters. The molecule has 0 bridgehead atoms. The van der Waals surface area contributed by atoms with Gasteiger partial charge in [-0.1, -0.05) is 55.3 Å². The Kier molecular flexibility index (Phi) is 10.9. The van der Waals surface area contributed by atoms with Crippen LogP contribution in [0.4, 0.5) is 4.39 Å². The molecule has 0 saturated heterocycles. The molecule has 0 spiro atoms. The van der Waals surface area contributed by atoms with E-state index < -0.39 is 13.3 Å². The third kappa shape index (κ3) is 7.96. The molecule has 249 valence electrons. The molecule has 0 N–H and O–H groups in total. The number of nitrogens with zero attached hydrogens (tertiary/aromatic N) is 2. The fourth-order valence-corrected chi connectivity index (χ4v) is 9.83. The Balaban J connectivity index is 0.000000169. The van der Waals surface area contributed by atoms with Crippen molar-refractivity contribution in [3.05, 3.63) is 139 Å². The Hall–Kier alpha value is -3.90. The van der Waals surface area contributed by atoms with E-state index in [1.54, 1.807) is 0 Å². The van der Waals surface area contributed by atoms with Gasteiger partial charge in [-0.25, -0.2) is 4.39 Å². The summed E-state index contributed by atoms with van der Waals surface area (Å²) < 4.78 is 21.6. The topological polar surface area (TPSA) is 38.9 Å². The third-order valence-electron chi connectivity index (χ3n) is 9.29. The summed E-state index contributed by atoms with van der Waals surface area (Å²) in [6, 6.07) is 41.2. The van der Waals surface area contributed by atoms with Gasteiger partial charge in [-0.05, 0) is 29.7 Å². The smallest absolute Gasteiger partial charge is 0 e. The van der Waals surface area contributed by atoms with Crippen LogP contribution in [0.15, 0.2) is 120 Å². The molecule has 1 saturated carbocycles. The first-order valence-electron chi connectivity index (χ1n) is 16.8. The maximum atomic E-state index is 14.3. The average Bonchev–Trinajstić information content (AvgIpc) is 3.77. The molecule has 1 aliphatic carbocycles. The zero-order valence-electron chi connectivity index (χ0n) is 28.1. The normalized spacial score (nSPS) is 13.2. The van der Waals surface area contributed by atoms with E-state index in [-0.39, 0.29) is 25.9 Å². The van der Waals surface area contributed by atoms with Crippen LogP contribution in [0.2, 0.25) is 17.3 Å². The summed E-state index contributed by atoms with van der Waals surface area (Å²) in [5, 5.41) is 2.11. The molecular formula is C43H39FGeIrN2O-2. The van der Waals surface area contributed by atoms with Crippen molar-refractivity contribution in [2.45, 2.75) is 49.4 Å². The standard InChI is InChI=1S/C23H19FNO.C20H20GeN.Ir/c24-20-14-25-21(13-17(20)11-15-5-1-2-6-15)16-9-10-23-19(12-16)18-7-3-4-8-22(18)26-23;1-21(2,3)19-15-22-20(17-12-8-5-9-13-17)14-18(19)16-10-6-4-7-11-16;/h3-4,7-8,10,12-15H,1-2,5-6,11H2;4-12,14-15H,1-3H3;/q2*-1;. The van der Waals surface area contributed by atoms with Gasteiger partial charge in [-0.3, -0.25) is 0 Å². The Morgan fingerprint density at radius 3 is 2.22 bits per heavy atom. The van der Waals surface area contributed by atoms with Gasteiger partial charge in [-0.15, -0.1) is 23.8 Å². The molecule has 8 rings (SSSR count). The second kappa shape index (κ2) is 15.3. The maximum Gasteiger partial charge on any atom is 0 e. The molecule has 7 aromatic rings. The molecule has 49 heavy (non-hydrogen) atoms. The predicted octanol–water partition coefficient (Wildman–Crippen LogP) is 11.1. The number of halogens is 1. The van der Waals surface area contributed by atoms with Crippen LogP contribution < -0.4 is 4.40 Å². The van der Waals surface area contributed by atoms with E-state index in [0.29, 0.717) is 5.92 Å². The van der Waals surface area contributed by atoms with Crippen molar-refractivity contribution < 1.29 is 28.9 Å². The van der Waals surface area contributed by atoms with E-state index in [1.165, 1.54) is 47.4 Å². The van der Waals surface area contributed by atoms with Gasteiger partial charge < -0.3 is 9.40 Å². The van der Waals surface area contributed by atoms with Gasteiger partial charge in [-0.2, -0.15) is 0 Å². The first-order chi connectivity index (χ1) is 23.3. The van der Waals surface area contributed by atoms with Crippen molar-refractivity contribution in [3.8, 4) is 33.6 Å². The molecule has 0 amide bonds. The van der Waals surface area contributed by atoms with Crippen LogP contribution in [0, 0.1) is 23.9 Å². The molecule has 0 aliphatic heterocycles. The van der Waals surface area contributed by atoms with E-state index in [9.17, 15) is 4.39 Å². The van der Waals surface area contributed by atoms with Crippen molar-refractivity contribution in [1.29, 1.82) is 0 Å². The van der Waals surface area contributed by atoms with Crippen molar-refractivity contribution in [3.63, 3.8) is 0 Å². The van der Waals surface area contributed by atoms with Crippen LogP contribution >= 0.6 is 0 Å². The van der Waals surface area contributed by atoms with Crippen LogP contribution in [-0.2, 0) is 26.5 Å². The number of pyridine rings is 2. The SMILES string of the molecule is Fc1cnc(-c2[c-]cc3oc4ccccc4c3c2)cc1CC1CCCC1.[CH3][Ge]([CH3])([CH3])[c]1cnc(-c2[c-]cccc2)cc1-c1ccccc1.[Ir]. The van der Waals surface area contributed by atoms with Gasteiger partial charge in [0.05, 0.1) is 11.8 Å². The molecule has 0 unspecified atom stereocenters. The number of benzene rings is 4. The van der Waals surface area contributed by atoms with E-state index in [4.69, 9.17) is 9.40 Å². The fraction of sp³-hybridized carbons (Fsp3) is 0.209. The molecular weight excluding hydrogens is 844 g/mol. The molecule has 3 heterocycles. The summed E-state index contributed by atoms with van der Waals surface area (Å²) in [5.74, 6) is 7.65. The number of furan rings is 1. The van der Waals surface area contributed by atoms with E-state index >= 15 is 0 Å². The Morgan fingerprint density at radius 1 is 0.755 bits per heavy atom. The van der Waals surface area contributed by atoms with E-state index in [1.807, 2.05) is 54.6 Å². The first kappa shape index (κ1) is 34.9. The van der Waals surface area contributed by atoms with Crippen LogP contribution in [0.3, 0.4) is 0 Å². The number of aromatic nitrogens is 2. The zero-order chi connectivity index (χ0) is 33.1. The molecule has 1 fully saturated rings. The number of hydrogen-bond donors (Lipinski definition) is 0. The van der Waals surface area contributed by atoms with Gasteiger partial charge in [0.15, 0.2) is 0 Å². The Bertz CT molecular complexity index is 2170. The van der Waals surface area contributed by atoms with E-state index in [2.05, 4.69) is 89.1 Å². The number of hydrogen-bond acceptors (Lipinski definition) is 3. The maximum absolute atomic E-state index is 14.3. The first-order valence-corrected chi connectivity index (χ1v) is 24.2. The van der Waals surface area contributed by atoms with Crippen LogP contribution in [-0.4, -0.2) is 23.2 Å². The average molecular weight is 884 g/mol. The Morgan fingerprint density at radius 2 is 1.47 bits per heavy atom. The summed E-state index contributed by atoms with van der Waals surface area (Å²) in [6.07, 6.45) is 9.19. The van der Waals surface area contributed by atoms with Gasteiger partial charge in [0, 0.05) is 25.5 Å². The van der Waals surface area contributed by atoms with Crippen molar-refractivity contribution in [1.82, 2.24) is 9.97 Å². The second-order valence-electron chi connectivity index (χ2n) is 13.7.